The van der Waals surface area contributed by atoms with Crippen LogP contribution >= 0.6 is 31.9 Å². The van der Waals surface area contributed by atoms with Crippen LogP contribution in [0, 0.1) is 6.92 Å². The number of aryl methyl sites for hydroxylation is 1. The molecule has 20 heavy (non-hydrogen) atoms. The molecule has 0 saturated heterocycles. The van der Waals surface area contributed by atoms with Gasteiger partial charge in [-0.15, -0.1) is 0 Å². The molecule has 0 fully saturated rings. The maximum atomic E-state index is 12.5. The van der Waals surface area contributed by atoms with Crippen molar-refractivity contribution in [2.24, 2.45) is 0 Å². The molecule has 0 aliphatic rings. The third-order valence-electron chi connectivity index (χ3n) is 3.00. The maximum Gasteiger partial charge on any atom is 0.253 e. The summed E-state index contributed by atoms with van der Waals surface area (Å²) in [5.41, 5.74) is 2.86. The lowest BCUT2D eigenvalue weighted by Crippen LogP contribution is -2.26. The van der Waals surface area contributed by atoms with E-state index in [0.717, 1.165) is 20.1 Å². The minimum Gasteiger partial charge on any atom is -0.337 e. The van der Waals surface area contributed by atoms with E-state index in [4.69, 9.17) is 0 Å². The van der Waals surface area contributed by atoms with Gasteiger partial charge in [-0.1, -0.05) is 50.1 Å². The molecule has 2 nitrogen and oxygen atoms in total. The highest BCUT2D eigenvalue weighted by Crippen LogP contribution is 2.20. The molecule has 0 aliphatic heterocycles. The third-order valence-corrected chi connectivity index (χ3v) is 4.23. The molecule has 0 bridgehead atoms. The molecular formula is C16H15Br2NO. The number of carbonyl (C=O) groups is 1. The monoisotopic (exact) mass is 395 g/mol. The van der Waals surface area contributed by atoms with E-state index in [1.54, 1.807) is 4.90 Å². The molecule has 0 unspecified atom stereocenters. The normalized spacial score (nSPS) is 10.4. The van der Waals surface area contributed by atoms with Crippen molar-refractivity contribution in [1.29, 1.82) is 0 Å². The van der Waals surface area contributed by atoms with Gasteiger partial charge in [0.05, 0.1) is 0 Å². The fraction of sp³-hybridized carbons (Fsp3) is 0.188. The van der Waals surface area contributed by atoms with Crippen LogP contribution in [0.5, 0.6) is 0 Å². The molecular weight excluding hydrogens is 382 g/mol. The minimum atomic E-state index is 0.0187. The van der Waals surface area contributed by atoms with Crippen LogP contribution in [0.15, 0.2) is 51.4 Å². The van der Waals surface area contributed by atoms with Crippen molar-refractivity contribution in [3.63, 3.8) is 0 Å². The van der Waals surface area contributed by atoms with Crippen molar-refractivity contribution >= 4 is 37.8 Å². The molecule has 4 heteroatoms. The van der Waals surface area contributed by atoms with Gasteiger partial charge >= 0.3 is 0 Å². The predicted molar refractivity (Wildman–Crippen MR) is 88.8 cm³/mol. The zero-order chi connectivity index (χ0) is 14.7. The van der Waals surface area contributed by atoms with E-state index in [9.17, 15) is 4.79 Å². The molecule has 1 amide bonds. The first kappa shape index (κ1) is 15.3. The van der Waals surface area contributed by atoms with Crippen molar-refractivity contribution in [2.75, 3.05) is 7.05 Å². The molecule has 0 spiro atoms. The van der Waals surface area contributed by atoms with E-state index in [1.165, 1.54) is 0 Å². The highest BCUT2D eigenvalue weighted by atomic mass is 79.9. The van der Waals surface area contributed by atoms with Gasteiger partial charge in [0.15, 0.2) is 0 Å². The molecule has 2 aromatic rings. The molecule has 104 valence electrons. The average molecular weight is 397 g/mol. The number of hydrogen-bond acceptors (Lipinski definition) is 1. The van der Waals surface area contributed by atoms with Crippen LogP contribution in [-0.4, -0.2) is 17.9 Å². The second-order valence-corrected chi connectivity index (χ2v) is 6.54. The molecule has 0 aromatic heterocycles. The van der Waals surface area contributed by atoms with Gasteiger partial charge in [0.2, 0.25) is 0 Å². The lowest BCUT2D eigenvalue weighted by molar-refractivity contribution is 0.0784. The molecule has 2 aromatic carbocycles. The summed E-state index contributed by atoms with van der Waals surface area (Å²) in [6.45, 7) is 2.56. The van der Waals surface area contributed by atoms with E-state index in [0.29, 0.717) is 12.1 Å². The SMILES string of the molecule is Cc1cc(Br)cc(C(=O)N(C)Cc2ccccc2Br)c1. The summed E-state index contributed by atoms with van der Waals surface area (Å²) in [6.07, 6.45) is 0. The fourth-order valence-electron chi connectivity index (χ4n) is 2.03. The van der Waals surface area contributed by atoms with Gasteiger partial charge in [-0.25, -0.2) is 0 Å². The Balaban J connectivity index is 2.18. The minimum absolute atomic E-state index is 0.0187. The van der Waals surface area contributed by atoms with Crippen molar-refractivity contribution in [3.8, 4) is 0 Å². The first-order chi connectivity index (χ1) is 9.47. The second kappa shape index (κ2) is 6.55. The summed E-state index contributed by atoms with van der Waals surface area (Å²) in [5, 5.41) is 0. The first-order valence-corrected chi connectivity index (χ1v) is 7.82. The Hall–Kier alpha value is -1.13. The Labute approximate surface area is 136 Å². The van der Waals surface area contributed by atoms with Crippen LogP contribution < -0.4 is 0 Å². The Morgan fingerprint density at radius 3 is 2.50 bits per heavy atom. The Bertz CT molecular complexity index is 620. The first-order valence-electron chi connectivity index (χ1n) is 6.23. The van der Waals surface area contributed by atoms with Crippen molar-refractivity contribution in [3.05, 3.63) is 68.1 Å². The van der Waals surface area contributed by atoms with E-state index >= 15 is 0 Å². The van der Waals surface area contributed by atoms with E-state index in [1.807, 2.05) is 56.4 Å². The Morgan fingerprint density at radius 1 is 1.15 bits per heavy atom. The summed E-state index contributed by atoms with van der Waals surface area (Å²) >= 11 is 6.94. The van der Waals surface area contributed by atoms with Crippen LogP contribution in [0.25, 0.3) is 0 Å². The van der Waals surface area contributed by atoms with E-state index in [2.05, 4.69) is 31.9 Å². The summed E-state index contributed by atoms with van der Waals surface area (Å²) in [7, 11) is 1.82. The molecule has 2 rings (SSSR count). The van der Waals surface area contributed by atoms with Crippen molar-refractivity contribution in [2.45, 2.75) is 13.5 Å². The van der Waals surface area contributed by atoms with E-state index < -0.39 is 0 Å². The molecule has 0 atom stereocenters. The zero-order valence-electron chi connectivity index (χ0n) is 11.4. The predicted octanol–water partition coefficient (Wildman–Crippen LogP) is 4.79. The van der Waals surface area contributed by atoms with E-state index in [-0.39, 0.29) is 5.91 Å². The topological polar surface area (TPSA) is 20.3 Å². The summed E-state index contributed by atoms with van der Waals surface area (Å²) < 4.78 is 1.94. The highest BCUT2D eigenvalue weighted by molar-refractivity contribution is 9.10. The van der Waals surface area contributed by atoms with Crippen LogP contribution in [0.3, 0.4) is 0 Å². The van der Waals surface area contributed by atoms with Gasteiger partial charge in [-0.3, -0.25) is 4.79 Å². The fourth-order valence-corrected chi connectivity index (χ4v) is 3.05. The van der Waals surface area contributed by atoms with Crippen LogP contribution in [-0.2, 0) is 6.54 Å². The largest absolute Gasteiger partial charge is 0.337 e. The third kappa shape index (κ3) is 3.70. The standard InChI is InChI=1S/C16H15Br2NO/c1-11-7-13(9-14(17)8-11)16(20)19(2)10-12-5-3-4-6-15(12)18/h3-9H,10H2,1-2H3. The molecule has 0 aliphatic carbocycles. The van der Waals surface area contributed by atoms with Crippen LogP contribution in [0.2, 0.25) is 0 Å². The summed E-state index contributed by atoms with van der Waals surface area (Å²) in [5.74, 6) is 0.0187. The lowest BCUT2D eigenvalue weighted by atomic mass is 10.1. The van der Waals surface area contributed by atoms with Crippen molar-refractivity contribution < 1.29 is 4.79 Å². The molecule has 0 saturated carbocycles. The Morgan fingerprint density at radius 2 is 1.85 bits per heavy atom. The highest BCUT2D eigenvalue weighted by Gasteiger charge is 2.14. The number of nitrogens with zero attached hydrogens (tertiary/aromatic N) is 1. The number of benzene rings is 2. The number of amides is 1. The number of hydrogen-bond donors (Lipinski definition) is 0. The van der Waals surface area contributed by atoms with Crippen LogP contribution in [0.4, 0.5) is 0 Å². The van der Waals surface area contributed by atoms with Gasteiger partial charge < -0.3 is 4.90 Å². The van der Waals surface area contributed by atoms with Crippen LogP contribution in [0.1, 0.15) is 21.5 Å². The second-order valence-electron chi connectivity index (χ2n) is 4.77. The van der Waals surface area contributed by atoms with Gasteiger partial charge in [-0.2, -0.15) is 0 Å². The quantitative estimate of drug-likeness (QED) is 0.730. The zero-order valence-corrected chi connectivity index (χ0v) is 14.5. The lowest BCUT2D eigenvalue weighted by Gasteiger charge is -2.18. The number of rotatable bonds is 3. The molecule has 0 heterocycles. The van der Waals surface area contributed by atoms with Crippen molar-refractivity contribution in [1.82, 2.24) is 4.90 Å². The van der Waals surface area contributed by atoms with Gasteiger partial charge in [0, 0.05) is 28.1 Å². The number of carbonyl (C=O) groups excluding carboxylic acids is 1. The van der Waals surface area contributed by atoms with Gasteiger partial charge in [0.1, 0.15) is 0 Å². The Kier molecular flexibility index (Phi) is 5.00. The summed E-state index contributed by atoms with van der Waals surface area (Å²) in [6, 6.07) is 13.7. The smallest absolute Gasteiger partial charge is 0.253 e. The number of halogens is 2. The molecule has 0 N–H and O–H groups in total. The van der Waals surface area contributed by atoms with Gasteiger partial charge in [-0.05, 0) is 42.3 Å². The molecule has 0 radical (unpaired) electrons. The summed E-state index contributed by atoms with van der Waals surface area (Å²) in [4.78, 5) is 14.2. The average Bonchev–Trinajstić information content (AvgIpc) is 2.39. The maximum absolute atomic E-state index is 12.5. The van der Waals surface area contributed by atoms with Gasteiger partial charge in [0.25, 0.3) is 5.91 Å².